The van der Waals surface area contributed by atoms with Crippen molar-refractivity contribution < 1.29 is 9.53 Å². The first-order chi connectivity index (χ1) is 12.7. The summed E-state index contributed by atoms with van der Waals surface area (Å²) in [5.41, 5.74) is 7.74. The minimum Gasteiger partial charge on any atom is -0.493 e. The molecule has 1 fully saturated rings. The average Bonchev–Trinajstić information content (AvgIpc) is 2.89. The van der Waals surface area contributed by atoms with Crippen molar-refractivity contribution in [2.45, 2.75) is 31.7 Å². The Labute approximate surface area is 154 Å². The zero-order valence-electron chi connectivity index (χ0n) is 14.9. The Bertz CT molecular complexity index is 691. The predicted molar refractivity (Wildman–Crippen MR) is 102 cm³/mol. The number of likely N-dealkylation sites (tertiary alicyclic amines) is 1. The summed E-state index contributed by atoms with van der Waals surface area (Å²) in [5.74, 6) is 0.777. The molecule has 2 aromatic rings. The lowest BCUT2D eigenvalue weighted by Crippen LogP contribution is -2.36. The standard InChI is InChI=1S/C20H26N4O2/c21-16-4-3-13-24(14-10-16)20(25)23-18-6-8-19(9-7-18)26-15-11-17-5-1-2-12-22-17/h1-2,5-9,12,16H,3-4,10-11,13-15,21H2,(H,23,25)/t16-/m1/s1. The van der Waals surface area contributed by atoms with Crippen molar-refractivity contribution in [3.8, 4) is 5.75 Å². The van der Waals surface area contributed by atoms with Gasteiger partial charge >= 0.3 is 6.03 Å². The molecule has 2 heterocycles. The normalized spacial score (nSPS) is 17.4. The fraction of sp³-hybridized carbons (Fsp3) is 0.400. The summed E-state index contributed by atoms with van der Waals surface area (Å²) in [7, 11) is 0. The van der Waals surface area contributed by atoms with E-state index >= 15 is 0 Å². The van der Waals surface area contributed by atoms with Crippen LogP contribution in [0.15, 0.2) is 48.7 Å². The van der Waals surface area contributed by atoms with Crippen LogP contribution in [0, 0.1) is 0 Å². The van der Waals surface area contributed by atoms with Crippen molar-refractivity contribution in [1.82, 2.24) is 9.88 Å². The van der Waals surface area contributed by atoms with Gasteiger partial charge < -0.3 is 20.7 Å². The van der Waals surface area contributed by atoms with Crippen LogP contribution >= 0.6 is 0 Å². The summed E-state index contributed by atoms with van der Waals surface area (Å²) in [6.07, 6.45) is 5.34. The lowest BCUT2D eigenvalue weighted by molar-refractivity contribution is 0.213. The number of hydrogen-bond donors (Lipinski definition) is 2. The molecule has 3 N–H and O–H groups in total. The minimum absolute atomic E-state index is 0.0667. The Kier molecular flexibility index (Phi) is 6.44. The molecule has 6 heteroatoms. The molecule has 6 nitrogen and oxygen atoms in total. The van der Waals surface area contributed by atoms with E-state index in [-0.39, 0.29) is 12.1 Å². The second kappa shape index (κ2) is 9.20. The quantitative estimate of drug-likeness (QED) is 0.865. The van der Waals surface area contributed by atoms with Gasteiger partial charge in [0.1, 0.15) is 5.75 Å². The summed E-state index contributed by atoms with van der Waals surface area (Å²) in [4.78, 5) is 18.5. The third-order valence-corrected chi connectivity index (χ3v) is 4.52. The first kappa shape index (κ1) is 18.2. The molecule has 1 atom stereocenters. The minimum atomic E-state index is -0.0667. The zero-order valence-corrected chi connectivity index (χ0v) is 14.9. The van der Waals surface area contributed by atoms with Gasteiger partial charge in [-0.3, -0.25) is 4.98 Å². The van der Waals surface area contributed by atoms with Crippen molar-refractivity contribution in [1.29, 1.82) is 0 Å². The fourth-order valence-corrected chi connectivity index (χ4v) is 2.98. The van der Waals surface area contributed by atoms with Gasteiger partial charge in [-0.25, -0.2) is 4.79 Å². The molecule has 1 aromatic heterocycles. The smallest absolute Gasteiger partial charge is 0.321 e. The highest BCUT2D eigenvalue weighted by atomic mass is 16.5. The molecule has 0 saturated carbocycles. The van der Waals surface area contributed by atoms with Gasteiger partial charge in [0.15, 0.2) is 0 Å². The van der Waals surface area contributed by atoms with E-state index in [0.717, 1.165) is 49.4 Å². The number of urea groups is 1. The first-order valence-electron chi connectivity index (χ1n) is 9.15. The summed E-state index contributed by atoms with van der Waals surface area (Å²) in [6.45, 7) is 2.03. The average molecular weight is 354 g/mol. The Morgan fingerprint density at radius 2 is 2.04 bits per heavy atom. The highest BCUT2D eigenvalue weighted by molar-refractivity contribution is 5.89. The largest absolute Gasteiger partial charge is 0.493 e. The highest BCUT2D eigenvalue weighted by Crippen LogP contribution is 2.17. The third kappa shape index (κ3) is 5.46. The van der Waals surface area contributed by atoms with E-state index in [4.69, 9.17) is 10.5 Å². The van der Waals surface area contributed by atoms with Crippen molar-refractivity contribution in [3.05, 3.63) is 54.4 Å². The molecule has 0 radical (unpaired) electrons. The Morgan fingerprint density at radius 1 is 1.19 bits per heavy atom. The lowest BCUT2D eigenvalue weighted by Gasteiger charge is -2.21. The number of anilines is 1. The fourth-order valence-electron chi connectivity index (χ4n) is 2.98. The molecule has 0 bridgehead atoms. The van der Waals surface area contributed by atoms with E-state index in [1.54, 1.807) is 6.20 Å². The van der Waals surface area contributed by atoms with E-state index in [2.05, 4.69) is 10.3 Å². The Balaban J connectivity index is 1.45. The van der Waals surface area contributed by atoms with Crippen LogP contribution in [-0.4, -0.2) is 41.7 Å². The van der Waals surface area contributed by atoms with Crippen LogP contribution < -0.4 is 15.8 Å². The van der Waals surface area contributed by atoms with Crippen LogP contribution in [0.4, 0.5) is 10.5 Å². The van der Waals surface area contributed by atoms with Crippen molar-refractivity contribution in [2.75, 3.05) is 25.0 Å². The van der Waals surface area contributed by atoms with Gasteiger partial charge in [0, 0.05) is 43.1 Å². The molecule has 1 aliphatic heterocycles. The van der Waals surface area contributed by atoms with Crippen molar-refractivity contribution >= 4 is 11.7 Å². The number of nitrogens with zero attached hydrogens (tertiary/aromatic N) is 2. The van der Waals surface area contributed by atoms with Crippen LogP contribution in [0.3, 0.4) is 0 Å². The highest BCUT2D eigenvalue weighted by Gasteiger charge is 2.18. The number of benzene rings is 1. The number of nitrogens with one attached hydrogen (secondary N) is 1. The van der Waals surface area contributed by atoms with Gasteiger partial charge in [-0.2, -0.15) is 0 Å². The van der Waals surface area contributed by atoms with E-state index in [1.165, 1.54) is 0 Å². The zero-order chi connectivity index (χ0) is 18.2. The number of nitrogens with two attached hydrogens (primary N) is 1. The summed E-state index contributed by atoms with van der Waals surface area (Å²) in [5, 5.41) is 2.94. The number of amides is 2. The number of carbonyl (C=O) groups is 1. The molecule has 1 aliphatic rings. The molecule has 1 aromatic carbocycles. The topological polar surface area (TPSA) is 80.5 Å². The van der Waals surface area contributed by atoms with Crippen LogP contribution in [0.25, 0.3) is 0 Å². The second-order valence-corrected chi connectivity index (χ2v) is 6.55. The van der Waals surface area contributed by atoms with Gasteiger partial charge in [-0.1, -0.05) is 6.07 Å². The molecule has 138 valence electrons. The van der Waals surface area contributed by atoms with Crippen LogP contribution in [0.5, 0.6) is 5.75 Å². The number of aromatic nitrogens is 1. The van der Waals surface area contributed by atoms with E-state index < -0.39 is 0 Å². The number of carbonyl (C=O) groups excluding carboxylic acids is 1. The van der Waals surface area contributed by atoms with Gasteiger partial charge in [0.25, 0.3) is 0 Å². The van der Waals surface area contributed by atoms with E-state index in [0.29, 0.717) is 13.2 Å². The van der Waals surface area contributed by atoms with E-state index in [1.807, 2.05) is 47.4 Å². The predicted octanol–water partition coefficient (Wildman–Crippen LogP) is 3.05. The maximum Gasteiger partial charge on any atom is 0.321 e. The van der Waals surface area contributed by atoms with E-state index in [9.17, 15) is 4.79 Å². The molecule has 0 spiro atoms. The molecule has 26 heavy (non-hydrogen) atoms. The van der Waals surface area contributed by atoms with Gasteiger partial charge in [0.05, 0.1) is 6.61 Å². The number of rotatable bonds is 5. The number of hydrogen-bond acceptors (Lipinski definition) is 4. The molecule has 0 aliphatic carbocycles. The van der Waals surface area contributed by atoms with Crippen LogP contribution in [-0.2, 0) is 6.42 Å². The third-order valence-electron chi connectivity index (χ3n) is 4.52. The maximum atomic E-state index is 12.4. The monoisotopic (exact) mass is 354 g/mol. The molecular weight excluding hydrogens is 328 g/mol. The summed E-state index contributed by atoms with van der Waals surface area (Å²) in [6, 6.07) is 13.4. The summed E-state index contributed by atoms with van der Waals surface area (Å²) >= 11 is 0. The Hall–Kier alpha value is -2.60. The van der Waals surface area contributed by atoms with Gasteiger partial charge in [0.2, 0.25) is 0 Å². The molecule has 1 saturated heterocycles. The van der Waals surface area contributed by atoms with Crippen molar-refractivity contribution in [2.24, 2.45) is 5.73 Å². The van der Waals surface area contributed by atoms with Gasteiger partial charge in [-0.05, 0) is 55.7 Å². The SMILES string of the molecule is N[C@@H]1CCCN(C(=O)Nc2ccc(OCCc3ccccn3)cc2)CC1. The number of pyridine rings is 1. The van der Waals surface area contributed by atoms with Crippen LogP contribution in [0.1, 0.15) is 25.0 Å². The van der Waals surface area contributed by atoms with Gasteiger partial charge in [-0.15, -0.1) is 0 Å². The molecule has 3 rings (SSSR count). The second-order valence-electron chi connectivity index (χ2n) is 6.55. The lowest BCUT2D eigenvalue weighted by atomic mass is 10.1. The first-order valence-corrected chi connectivity index (χ1v) is 9.15. The maximum absolute atomic E-state index is 12.4. The van der Waals surface area contributed by atoms with Crippen LogP contribution in [0.2, 0.25) is 0 Å². The Morgan fingerprint density at radius 3 is 2.81 bits per heavy atom. The molecule has 2 amide bonds. The number of ether oxygens (including phenoxy) is 1. The molecule has 0 unspecified atom stereocenters. The van der Waals surface area contributed by atoms with Crippen molar-refractivity contribution in [3.63, 3.8) is 0 Å². The summed E-state index contributed by atoms with van der Waals surface area (Å²) < 4.78 is 5.74. The molecular formula is C20H26N4O2.